The summed E-state index contributed by atoms with van der Waals surface area (Å²) >= 11 is 0. The Hall–Kier alpha value is -2.24. The first-order chi connectivity index (χ1) is 10.1. The van der Waals surface area contributed by atoms with E-state index in [4.69, 9.17) is 10.5 Å². The van der Waals surface area contributed by atoms with Crippen molar-refractivity contribution in [3.8, 4) is 5.75 Å². The van der Waals surface area contributed by atoms with Crippen LogP contribution in [-0.2, 0) is 7.05 Å². The van der Waals surface area contributed by atoms with Gasteiger partial charge in [-0.1, -0.05) is 0 Å². The lowest BCUT2D eigenvalue weighted by atomic mass is 10.1. The second-order valence-corrected chi connectivity index (χ2v) is 5.93. The molecule has 0 radical (unpaired) electrons. The Morgan fingerprint density at radius 1 is 1.43 bits per heavy atom. The lowest BCUT2D eigenvalue weighted by molar-refractivity contribution is 0.303. The normalized spacial score (nSPS) is 21.3. The first-order valence-corrected chi connectivity index (χ1v) is 7.32. The van der Waals surface area contributed by atoms with Gasteiger partial charge in [-0.15, -0.1) is 0 Å². The minimum absolute atomic E-state index is 0.154. The molecule has 1 unspecified atom stereocenters. The van der Waals surface area contributed by atoms with Gasteiger partial charge in [0.25, 0.3) is 5.56 Å². The highest BCUT2D eigenvalue weighted by molar-refractivity contribution is 5.94. The van der Waals surface area contributed by atoms with Gasteiger partial charge in [0.2, 0.25) is 5.75 Å². The van der Waals surface area contributed by atoms with Gasteiger partial charge in [0.15, 0.2) is 0 Å². The van der Waals surface area contributed by atoms with Gasteiger partial charge < -0.3 is 15.8 Å². The fraction of sp³-hybridized carbons (Fsp3) is 0.467. The van der Waals surface area contributed by atoms with E-state index in [2.05, 4.69) is 10.3 Å². The zero-order valence-corrected chi connectivity index (χ0v) is 11.9. The predicted molar refractivity (Wildman–Crippen MR) is 81.6 cm³/mol. The van der Waals surface area contributed by atoms with E-state index in [-0.39, 0.29) is 5.56 Å². The number of anilines is 2. The van der Waals surface area contributed by atoms with Gasteiger partial charge in [-0.25, -0.2) is 4.98 Å². The first-order valence-electron chi connectivity index (χ1n) is 7.32. The standard InChI is InChI=1S/C15H18N4O2/c1-19-14-10(6-9(16)7-17-14)12-13(15(19)20)21-5-4-11(18-12)8-2-3-8/h6-8,11,18H,2-5,16H2,1H3. The Bertz CT molecular complexity index is 779. The number of nitrogens with one attached hydrogen (secondary N) is 1. The molecule has 1 aliphatic carbocycles. The fourth-order valence-corrected chi connectivity index (χ4v) is 3.08. The summed E-state index contributed by atoms with van der Waals surface area (Å²) in [6, 6.07) is 2.22. The summed E-state index contributed by atoms with van der Waals surface area (Å²) in [5, 5.41) is 4.37. The number of pyridine rings is 2. The van der Waals surface area contributed by atoms with E-state index >= 15 is 0 Å². The minimum Gasteiger partial charge on any atom is -0.486 e. The van der Waals surface area contributed by atoms with Crippen molar-refractivity contribution in [1.29, 1.82) is 0 Å². The molecule has 0 saturated heterocycles. The molecular formula is C15H18N4O2. The summed E-state index contributed by atoms with van der Waals surface area (Å²) in [6.07, 6.45) is 4.98. The maximum Gasteiger partial charge on any atom is 0.296 e. The van der Waals surface area contributed by atoms with Gasteiger partial charge in [-0.05, 0) is 24.8 Å². The molecule has 3 heterocycles. The molecule has 6 nitrogen and oxygen atoms in total. The lowest BCUT2D eigenvalue weighted by Crippen LogP contribution is -2.23. The van der Waals surface area contributed by atoms with E-state index in [9.17, 15) is 4.79 Å². The van der Waals surface area contributed by atoms with E-state index in [1.54, 1.807) is 13.2 Å². The highest BCUT2D eigenvalue weighted by Gasteiger charge is 2.34. The quantitative estimate of drug-likeness (QED) is 0.830. The Labute approximate surface area is 121 Å². The van der Waals surface area contributed by atoms with Crippen molar-refractivity contribution in [3.63, 3.8) is 0 Å². The summed E-state index contributed by atoms with van der Waals surface area (Å²) < 4.78 is 7.27. The van der Waals surface area contributed by atoms with Crippen molar-refractivity contribution in [2.45, 2.75) is 25.3 Å². The molecule has 2 aromatic rings. The van der Waals surface area contributed by atoms with Gasteiger partial charge in [0.1, 0.15) is 5.65 Å². The topological polar surface area (TPSA) is 82.2 Å². The van der Waals surface area contributed by atoms with Crippen LogP contribution in [0.15, 0.2) is 17.1 Å². The monoisotopic (exact) mass is 286 g/mol. The minimum atomic E-state index is -0.154. The van der Waals surface area contributed by atoms with Crippen LogP contribution in [0.3, 0.4) is 0 Å². The van der Waals surface area contributed by atoms with Crippen LogP contribution in [-0.4, -0.2) is 22.2 Å². The zero-order chi connectivity index (χ0) is 14.6. The average molecular weight is 286 g/mol. The fourth-order valence-electron chi connectivity index (χ4n) is 3.08. The van der Waals surface area contributed by atoms with Gasteiger partial charge in [-0.2, -0.15) is 0 Å². The number of aryl methyl sites for hydroxylation is 1. The Morgan fingerprint density at radius 2 is 2.24 bits per heavy atom. The maximum atomic E-state index is 12.5. The number of hydrogen-bond acceptors (Lipinski definition) is 5. The predicted octanol–water partition coefficient (Wildman–Crippen LogP) is 1.49. The molecule has 0 bridgehead atoms. The van der Waals surface area contributed by atoms with Crippen molar-refractivity contribution in [2.75, 3.05) is 17.7 Å². The van der Waals surface area contributed by atoms with Crippen LogP contribution in [0.25, 0.3) is 11.0 Å². The highest BCUT2D eigenvalue weighted by Crippen LogP contribution is 2.40. The van der Waals surface area contributed by atoms with Crippen LogP contribution in [0.1, 0.15) is 19.3 Å². The van der Waals surface area contributed by atoms with Gasteiger partial charge in [0.05, 0.1) is 24.2 Å². The number of hydrogen-bond donors (Lipinski definition) is 2. The second-order valence-electron chi connectivity index (χ2n) is 5.93. The van der Waals surface area contributed by atoms with E-state index in [0.717, 1.165) is 17.5 Å². The summed E-state index contributed by atoms with van der Waals surface area (Å²) in [5.41, 5.74) is 7.68. The SMILES string of the molecule is Cn1c(=O)c2c(c3cc(N)cnc31)NC(C1CC1)CCO2. The molecule has 1 fully saturated rings. The number of nitrogens with zero attached hydrogens (tertiary/aromatic N) is 2. The number of nitrogen functional groups attached to an aromatic ring is 1. The van der Waals surface area contributed by atoms with Crippen molar-refractivity contribution < 1.29 is 4.74 Å². The van der Waals surface area contributed by atoms with E-state index in [1.165, 1.54) is 17.4 Å². The van der Waals surface area contributed by atoms with Gasteiger partial charge >= 0.3 is 0 Å². The zero-order valence-electron chi connectivity index (χ0n) is 11.9. The molecular weight excluding hydrogens is 268 g/mol. The number of nitrogens with two attached hydrogens (primary N) is 1. The molecule has 110 valence electrons. The summed E-state index contributed by atoms with van der Waals surface area (Å²) in [6.45, 7) is 0.567. The smallest absolute Gasteiger partial charge is 0.296 e. The molecule has 1 aliphatic heterocycles. The largest absolute Gasteiger partial charge is 0.486 e. The molecule has 1 saturated carbocycles. The Morgan fingerprint density at radius 3 is 3.00 bits per heavy atom. The third-order valence-electron chi connectivity index (χ3n) is 4.40. The molecule has 21 heavy (non-hydrogen) atoms. The van der Waals surface area contributed by atoms with E-state index in [0.29, 0.717) is 35.7 Å². The van der Waals surface area contributed by atoms with Gasteiger partial charge in [0, 0.05) is 24.9 Å². The van der Waals surface area contributed by atoms with Crippen molar-refractivity contribution in [3.05, 3.63) is 22.6 Å². The molecule has 1 atom stereocenters. The molecule has 0 amide bonds. The number of aromatic nitrogens is 2. The highest BCUT2D eigenvalue weighted by atomic mass is 16.5. The number of fused-ring (bicyclic) bond motifs is 3. The average Bonchev–Trinajstić information content (AvgIpc) is 3.29. The maximum absolute atomic E-state index is 12.5. The van der Waals surface area contributed by atoms with Crippen molar-refractivity contribution >= 4 is 22.4 Å². The van der Waals surface area contributed by atoms with Crippen LogP contribution in [0.2, 0.25) is 0 Å². The Balaban J connectivity index is 1.98. The second kappa shape index (κ2) is 4.38. The molecule has 3 N–H and O–H groups in total. The van der Waals surface area contributed by atoms with Crippen LogP contribution >= 0.6 is 0 Å². The van der Waals surface area contributed by atoms with E-state index < -0.39 is 0 Å². The molecule has 4 rings (SSSR count). The van der Waals surface area contributed by atoms with Crippen LogP contribution in [0, 0.1) is 5.92 Å². The van der Waals surface area contributed by atoms with Crippen LogP contribution < -0.4 is 21.3 Å². The number of rotatable bonds is 1. The third-order valence-corrected chi connectivity index (χ3v) is 4.40. The van der Waals surface area contributed by atoms with Crippen molar-refractivity contribution in [1.82, 2.24) is 9.55 Å². The summed E-state index contributed by atoms with van der Waals surface area (Å²) in [4.78, 5) is 16.8. The van der Waals surface area contributed by atoms with E-state index in [1.807, 2.05) is 6.07 Å². The third kappa shape index (κ3) is 1.93. The Kier molecular flexibility index (Phi) is 2.60. The lowest BCUT2D eigenvalue weighted by Gasteiger charge is -2.18. The van der Waals surface area contributed by atoms with Crippen LogP contribution in [0.5, 0.6) is 5.75 Å². The molecule has 6 heteroatoms. The first kappa shape index (κ1) is 12.5. The molecule has 2 aliphatic rings. The molecule has 0 aromatic carbocycles. The molecule has 2 aromatic heterocycles. The molecule has 0 spiro atoms. The van der Waals surface area contributed by atoms with Crippen molar-refractivity contribution in [2.24, 2.45) is 13.0 Å². The number of ether oxygens (including phenoxy) is 1. The summed E-state index contributed by atoms with van der Waals surface area (Å²) in [7, 11) is 1.71. The van der Waals surface area contributed by atoms with Crippen LogP contribution in [0.4, 0.5) is 11.4 Å². The van der Waals surface area contributed by atoms with Gasteiger partial charge in [-0.3, -0.25) is 9.36 Å². The summed E-state index contributed by atoms with van der Waals surface area (Å²) in [5.74, 6) is 1.08.